The van der Waals surface area contributed by atoms with Gasteiger partial charge in [-0.05, 0) is 119 Å². The van der Waals surface area contributed by atoms with E-state index in [1.807, 2.05) is 0 Å². The maximum absolute atomic E-state index is 2.42. The number of para-hydroxylation sites is 1. The van der Waals surface area contributed by atoms with Crippen molar-refractivity contribution in [3.63, 3.8) is 0 Å². The highest BCUT2D eigenvalue weighted by atomic mass is 15.1. The number of rotatable bonds is 10. The summed E-state index contributed by atoms with van der Waals surface area (Å²) in [6, 6.07) is 98.9. The Hall–Kier alpha value is -8.52. The van der Waals surface area contributed by atoms with Gasteiger partial charge < -0.3 is 4.90 Å². The van der Waals surface area contributed by atoms with Crippen molar-refractivity contribution in [2.75, 3.05) is 4.90 Å². The molecule has 0 aliphatic rings. The van der Waals surface area contributed by atoms with E-state index in [1.165, 1.54) is 77.5 Å². The first-order valence-electron chi connectivity index (χ1n) is 22.3. The van der Waals surface area contributed by atoms with Crippen LogP contribution in [0.25, 0.3) is 88.7 Å². The highest BCUT2D eigenvalue weighted by molar-refractivity contribution is 6.00. The van der Waals surface area contributed by atoms with Crippen molar-refractivity contribution in [3.05, 3.63) is 273 Å². The predicted molar refractivity (Wildman–Crippen MR) is 277 cm³/mol. The molecule has 0 aliphatic carbocycles. The Labute approximate surface area is 381 Å². The zero-order valence-electron chi connectivity index (χ0n) is 35.9. The lowest BCUT2D eigenvalue weighted by Gasteiger charge is -2.29. The smallest absolute Gasteiger partial charge is 0.0540 e. The van der Waals surface area contributed by atoms with Crippen LogP contribution in [0.4, 0.5) is 17.1 Å². The monoisotopic (exact) mass is 827 g/mol. The number of hydrogen-bond donors (Lipinski definition) is 0. The highest BCUT2D eigenvalue weighted by Crippen LogP contribution is 2.47. The molecule has 0 radical (unpaired) electrons. The lowest BCUT2D eigenvalue weighted by Crippen LogP contribution is -2.11. The molecule has 1 heteroatoms. The lowest BCUT2D eigenvalue weighted by molar-refractivity contribution is 1.28. The third-order valence-electron chi connectivity index (χ3n) is 12.5. The molecular weight excluding hydrogens is 783 g/mol. The van der Waals surface area contributed by atoms with Crippen LogP contribution in [0.15, 0.2) is 273 Å². The summed E-state index contributed by atoms with van der Waals surface area (Å²) in [4.78, 5) is 2.42. The second kappa shape index (κ2) is 17.7. The minimum Gasteiger partial charge on any atom is -0.310 e. The topological polar surface area (TPSA) is 3.24 Å². The highest BCUT2D eigenvalue weighted by Gasteiger charge is 2.21. The van der Waals surface area contributed by atoms with Gasteiger partial charge in [-0.25, -0.2) is 0 Å². The zero-order chi connectivity index (χ0) is 43.4. The van der Waals surface area contributed by atoms with Crippen molar-refractivity contribution in [3.8, 4) is 77.9 Å². The third-order valence-corrected chi connectivity index (χ3v) is 12.5. The summed E-state index contributed by atoms with van der Waals surface area (Å²) in [6.07, 6.45) is 0. The summed E-state index contributed by atoms with van der Waals surface area (Å²) in [7, 11) is 0. The number of anilines is 3. The molecular formula is C64H45N. The second-order valence-corrected chi connectivity index (χ2v) is 16.5. The largest absolute Gasteiger partial charge is 0.310 e. The summed E-state index contributed by atoms with van der Waals surface area (Å²) in [6.45, 7) is 0. The number of hydrogen-bond acceptors (Lipinski definition) is 1. The fourth-order valence-corrected chi connectivity index (χ4v) is 9.28. The Morgan fingerprint density at radius 1 is 0.200 bits per heavy atom. The van der Waals surface area contributed by atoms with Crippen LogP contribution in [0.3, 0.4) is 0 Å². The Balaban J connectivity index is 1.07. The molecule has 306 valence electrons. The molecule has 11 rings (SSSR count). The molecule has 0 bridgehead atoms. The summed E-state index contributed by atoms with van der Waals surface area (Å²) >= 11 is 0. The van der Waals surface area contributed by atoms with Gasteiger partial charge in [-0.15, -0.1) is 0 Å². The van der Waals surface area contributed by atoms with E-state index in [2.05, 4.69) is 278 Å². The first-order valence-corrected chi connectivity index (χ1v) is 22.3. The molecule has 0 N–H and O–H groups in total. The Morgan fingerprint density at radius 3 is 1.22 bits per heavy atom. The quantitative estimate of drug-likeness (QED) is 0.133. The third kappa shape index (κ3) is 7.93. The fourth-order valence-electron chi connectivity index (χ4n) is 9.28. The molecule has 65 heavy (non-hydrogen) atoms. The van der Waals surface area contributed by atoms with Gasteiger partial charge in [-0.2, -0.15) is 0 Å². The van der Waals surface area contributed by atoms with Gasteiger partial charge in [0, 0.05) is 16.9 Å². The van der Waals surface area contributed by atoms with Crippen molar-refractivity contribution < 1.29 is 0 Å². The van der Waals surface area contributed by atoms with E-state index >= 15 is 0 Å². The molecule has 0 heterocycles. The van der Waals surface area contributed by atoms with Gasteiger partial charge in [0.1, 0.15) is 0 Å². The molecule has 11 aromatic rings. The molecule has 0 spiro atoms. The minimum absolute atomic E-state index is 1.07. The molecule has 0 aromatic heterocycles. The molecule has 0 saturated carbocycles. The number of nitrogens with zero attached hydrogens (tertiary/aromatic N) is 1. The maximum atomic E-state index is 2.42. The summed E-state index contributed by atoms with van der Waals surface area (Å²) in [5.41, 5.74) is 19.9. The van der Waals surface area contributed by atoms with Crippen LogP contribution in [0.2, 0.25) is 0 Å². The van der Waals surface area contributed by atoms with E-state index in [-0.39, 0.29) is 0 Å². The van der Waals surface area contributed by atoms with Crippen LogP contribution < -0.4 is 4.90 Å². The van der Waals surface area contributed by atoms with E-state index < -0.39 is 0 Å². The van der Waals surface area contributed by atoms with E-state index in [9.17, 15) is 0 Å². The van der Waals surface area contributed by atoms with Gasteiger partial charge in [0.05, 0.1) is 5.69 Å². The fraction of sp³-hybridized carbons (Fsp3) is 0. The van der Waals surface area contributed by atoms with Crippen molar-refractivity contribution in [1.29, 1.82) is 0 Å². The standard InChI is InChI=1S/C64H45N/c1-4-17-46(18-5-1)48-31-33-49(34-32-48)50-35-40-55(41-36-50)65(56-42-37-53(38-43-56)58-29-16-24-52-23-10-11-25-57(52)58)64-30-15-14-28-62(64)63-45-54(47-19-6-2-7-20-47)39-44-61(63)60-27-13-12-26-59(60)51-21-8-3-9-22-51/h1-45H. The van der Waals surface area contributed by atoms with E-state index in [0.717, 1.165) is 28.2 Å². The zero-order valence-corrected chi connectivity index (χ0v) is 35.9. The number of fused-ring (bicyclic) bond motifs is 1. The molecule has 0 amide bonds. The van der Waals surface area contributed by atoms with Crippen LogP contribution in [0, 0.1) is 0 Å². The molecule has 0 atom stereocenters. The summed E-state index contributed by atoms with van der Waals surface area (Å²) in [5.74, 6) is 0. The first kappa shape index (κ1) is 39.3. The lowest BCUT2D eigenvalue weighted by atomic mass is 9.86. The van der Waals surface area contributed by atoms with E-state index in [4.69, 9.17) is 0 Å². The van der Waals surface area contributed by atoms with Crippen LogP contribution in [-0.2, 0) is 0 Å². The molecule has 0 saturated heterocycles. The van der Waals surface area contributed by atoms with E-state index in [1.54, 1.807) is 0 Å². The first-order chi connectivity index (χ1) is 32.2. The van der Waals surface area contributed by atoms with E-state index in [0.29, 0.717) is 0 Å². The SMILES string of the molecule is c1ccc(-c2ccc(-c3ccc(N(c4ccc(-c5cccc6ccccc56)cc4)c4ccccc4-c4cc(-c5ccccc5)ccc4-c4ccccc4-c4ccccc4)cc3)cc2)cc1. The maximum Gasteiger partial charge on any atom is 0.0540 e. The average molecular weight is 828 g/mol. The van der Waals surface area contributed by atoms with Crippen molar-refractivity contribution in [2.45, 2.75) is 0 Å². The van der Waals surface area contributed by atoms with Crippen molar-refractivity contribution in [1.82, 2.24) is 0 Å². The Bertz CT molecular complexity index is 3370. The van der Waals surface area contributed by atoms with Gasteiger partial charge in [0.2, 0.25) is 0 Å². The molecule has 0 aliphatic heterocycles. The van der Waals surface area contributed by atoms with Crippen molar-refractivity contribution >= 4 is 27.8 Å². The average Bonchev–Trinajstić information content (AvgIpc) is 3.40. The molecule has 11 aromatic carbocycles. The predicted octanol–water partition coefficient (Wildman–Crippen LogP) is 18.0. The van der Waals surface area contributed by atoms with Gasteiger partial charge in [0.25, 0.3) is 0 Å². The Kier molecular flexibility index (Phi) is 10.7. The van der Waals surface area contributed by atoms with Gasteiger partial charge in [-0.1, -0.05) is 237 Å². The van der Waals surface area contributed by atoms with Crippen LogP contribution >= 0.6 is 0 Å². The van der Waals surface area contributed by atoms with Crippen LogP contribution in [0.5, 0.6) is 0 Å². The van der Waals surface area contributed by atoms with Crippen molar-refractivity contribution in [2.24, 2.45) is 0 Å². The second-order valence-electron chi connectivity index (χ2n) is 16.5. The summed E-state index contributed by atoms with van der Waals surface area (Å²) in [5, 5.41) is 2.49. The normalized spacial score (nSPS) is 11.1. The molecule has 0 unspecified atom stereocenters. The number of benzene rings is 11. The Morgan fingerprint density at radius 2 is 0.585 bits per heavy atom. The molecule has 0 fully saturated rings. The van der Waals surface area contributed by atoms with Crippen LogP contribution in [-0.4, -0.2) is 0 Å². The van der Waals surface area contributed by atoms with Gasteiger partial charge in [-0.3, -0.25) is 0 Å². The van der Waals surface area contributed by atoms with Gasteiger partial charge >= 0.3 is 0 Å². The minimum atomic E-state index is 1.07. The van der Waals surface area contributed by atoms with Gasteiger partial charge in [0.15, 0.2) is 0 Å². The van der Waals surface area contributed by atoms with Crippen LogP contribution in [0.1, 0.15) is 0 Å². The molecule has 1 nitrogen and oxygen atoms in total. The summed E-state index contributed by atoms with van der Waals surface area (Å²) < 4.78 is 0.